The van der Waals surface area contributed by atoms with E-state index in [2.05, 4.69) is 63.2 Å². The first-order chi connectivity index (χ1) is 16.3. The van der Waals surface area contributed by atoms with E-state index in [0.29, 0.717) is 6.42 Å². The molecule has 4 nitrogen and oxygen atoms in total. The zero-order valence-electron chi connectivity index (χ0n) is 21.6. The summed E-state index contributed by atoms with van der Waals surface area (Å²) in [5.74, 6) is 0. The molecule has 0 amide bonds. The Kier molecular flexibility index (Phi) is 5.94. The molecule has 1 unspecified atom stereocenters. The number of fused-ring (bicyclic) bond motifs is 1. The van der Waals surface area contributed by atoms with Crippen LogP contribution in [0.5, 0.6) is 0 Å². The van der Waals surface area contributed by atoms with Gasteiger partial charge in [0, 0.05) is 17.4 Å². The van der Waals surface area contributed by atoms with Crippen LogP contribution in [-0.4, -0.2) is 36.4 Å². The lowest BCUT2D eigenvalue weighted by atomic mass is 9.49. The van der Waals surface area contributed by atoms with Crippen LogP contribution in [0.2, 0.25) is 5.02 Å². The number of benzene rings is 3. The maximum Gasteiger partial charge on any atom is 0.489 e. The molecule has 0 aliphatic carbocycles. The molecular weight excluding hydrogens is 457 g/mol. The molecule has 5 rings (SSSR count). The second-order valence-electron chi connectivity index (χ2n) is 11.5. The van der Waals surface area contributed by atoms with Crippen LogP contribution in [0, 0.1) is 0 Å². The molecule has 182 valence electrons. The second-order valence-corrected chi connectivity index (χ2v) is 11.9. The third kappa shape index (κ3) is 4.24. The largest absolute Gasteiger partial charge is 0.489 e. The van der Waals surface area contributed by atoms with E-state index in [4.69, 9.17) is 30.2 Å². The SMILES string of the molecule is CC1(C)OB(B2OC(C)(C)C(C)(Cc3ccc4ccc(-c5ccccc5)c(Cl)c4c3)O2)OC1(C)C. The number of hydrogen-bond acceptors (Lipinski definition) is 4. The molecule has 0 aromatic heterocycles. The third-order valence-corrected chi connectivity index (χ3v) is 8.61. The molecule has 2 aliphatic heterocycles. The molecule has 2 heterocycles. The monoisotopic (exact) mass is 490 g/mol. The third-order valence-electron chi connectivity index (χ3n) is 8.20. The first kappa shape index (κ1) is 24.9. The van der Waals surface area contributed by atoms with Gasteiger partial charge in [0.25, 0.3) is 0 Å². The number of rotatable bonds is 4. The van der Waals surface area contributed by atoms with Gasteiger partial charge >= 0.3 is 14.0 Å². The van der Waals surface area contributed by atoms with Crippen molar-refractivity contribution in [3.05, 3.63) is 71.2 Å². The van der Waals surface area contributed by atoms with Crippen LogP contribution in [-0.2, 0) is 25.0 Å². The van der Waals surface area contributed by atoms with Crippen molar-refractivity contribution in [2.45, 2.75) is 77.3 Å². The summed E-state index contributed by atoms with van der Waals surface area (Å²) < 4.78 is 25.4. The summed E-state index contributed by atoms with van der Waals surface area (Å²) in [4.78, 5) is 0. The topological polar surface area (TPSA) is 36.9 Å². The lowest BCUT2D eigenvalue weighted by molar-refractivity contribution is -0.00875. The van der Waals surface area contributed by atoms with Crippen molar-refractivity contribution in [2.75, 3.05) is 0 Å². The minimum absolute atomic E-state index is 0.445. The van der Waals surface area contributed by atoms with Gasteiger partial charge in [-0.3, -0.25) is 0 Å². The van der Waals surface area contributed by atoms with Gasteiger partial charge < -0.3 is 18.6 Å². The van der Waals surface area contributed by atoms with E-state index in [0.717, 1.165) is 32.5 Å². The molecule has 0 radical (unpaired) electrons. The molecule has 2 aliphatic rings. The lowest BCUT2D eigenvalue weighted by Crippen LogP contribution is -2.46. The van der Waals surface area contributed by atoms with Gasteiger partial charge in [-0.15, -0.1) is 0 Å². The van der Waals surface area contributed by atoms with E-state index in [1.807, 2.05) is 45.9 Å². The summed E-state index contributed by atoms with van der Waals surface area (Å²) in [5.41, 5.74) is 1.25. The molecule has 7 heteroatoms. The first-order valence-electron chi connectivity index (χ1n) is 12.3. The van der Waals surface area contributed by atoms with E-state index in [1.54, 1.807) is 0 Å². The standard InChI is InChI=1S/C28H33B2ClO4/c1-25(2)26(3,4)33-29(32-25)30-34-27(5,6)28(7,35-30)18-19-13-14-21-15-16-22(24(31)23(21)17-19)20-11-9-8-10-12-20/h8-17H,18H2,1-7H3. The smallest absolute Gasteiger partial charge is 0.405 e. The average Bonchev–Trinajstić information content (AvgIpc) is 3.16. The molecule has 0 saturated carbocycles. The second kappa shape index (κ2) is 8.36. The van der Waals surface area contributed by atoms with Crippen LogP contribution in [0.1, 0.15) is 54.0 Å². The Morgan fingerprint density at radius 3 is 1.91 bits per heavy atom. The van der Waals surface area contributed by atoms with Crippen molar-refractivity contribution < 1.29 is 18.6 Å². The zero-order chi connectivity index (χ0) is 25.2. The van der Waals surface area contributed by atoms with Crippen LogP contribution in [0.15, 0.2) is 60.7 Å². The Balaban J connectivity index is 1.43. The maximum atomic E-state index is 6.93. The highest BCUT2D eigenvalue weighted by Gasteiger charge is 2.64. The quantitative estimate of drug-likeness (QED) is 0.371. The fraction of sp³-hybridized carbons (Fsp3) is 0.429. The molecule has 1 atom stereocenters. The molecule has 3 aromatic rings. The number of hydrogen-bond donors (Lipinski definition) is 0. The van der Waals surface area contributed by atoms with Gasteiger partial charge in [0.1, 0.15) is 0 Å². The fourth-order valence-electron chi connectivity index (χ4n) is 4.87. The van der Waals surface area contributed by atoms with Gasteiger partial charge in [-0.1, -0.05) is 66.2 Å². The Morgan fingerprint density at radius 2 is 1.26 bits per heavy atom. The minimum atomic E-state index is -0.607. The predicted molar refractivity (Wildman–Crippen MR) is 145 cm³/mol. The highest BCUT2D eigenvalue weighted by Crippen LogP contribution is 2.45. The van der Waals surface area contributed by atoms with E-state index in [9.17, 15) is 0 Å². The minimum Gasteiger partial charge on any atom is -0.405 e. The van der Waals surface area contributed by atoms with Crippen molar-refractivity contribution in [1.29, 1.82) is 0 Å². The summed E-state index contributed by atoms with van der Waals surface area (Å²) in [6.07, 6.45) is 0.665. The summed E-state index contributed by atoms with van der Waals surface area (Å²) in [5, 5.41) is 2.91. The van der Waals surface area contributed by atoms with Crippen molar-refractivity contribution >= 4 is 36.4 Å². The summed E-state index contributed by atoms with van der Waals surface area (Å²) in [6.45, 7) is 14.4. The van der Waals surface area contributed by atoms with E-state index < -0.39 is 36.4 Å². The zero-order valence-corrected chi connectivity index (χ0v) is 22.4. The van der Waals surface area contributed by atoms with E-state index in [1.165, 1.54) is 0 Å². The van der Waals surface area contributed by atoms with Gasteiger partial charge in [-0.2, -0.15) is 0 Å². The molecule has 0 spiro atoms. The highest BCUT2D eigenvalue weighted by molar-refractivity contribution is 7.11. The maximum absolute atomic E-state index is 6.93. The summed E-state index contributed by atoms with van der Waals surface area (Å²) in [7, 11) is -1.19. The van der Waals surface area contributed by atoms with Gasteiger partial charge in [-0.05, 0) is 71.0 Å². The van der Waals surface area contributed by atoms with Gasteiger partial charge in [0.2, 0.25) is 0 Å². The van der Waals surface area contributed by atoms with Crippen LogP contribution in [0.25, 0.3) is 21.9 Å². The van der Waals surface area contributed by atoms with Gasteiger partial charge in [0.15, 0.2) is 0 Å². The highest BCUT2D eigenvalue weighted by atomic mass is 35.5. The van der Waals surface area contributed by atoms with E-state index >= 15 is 0 Å². The molecule has 0 N–H and O–H groups in total. The van der Waals surface area contributed by atoms with Crippen LogP contribution >= 0.6 is 11.6 Å². The summed E-state index contributed by atoms with van der Waals surface area (Å²) in [6, 6.07) is 20.9. The van der Waals surface area contributed by atoms with Crippen molar-refractivity contribution in [3.8, 4) is 11.1 Å². The van der Waals surface area contributed by atoms with E-state index in [-0.39, 0.29) is 0 Å². The predicted octanol–water partition coefficient (Wildman–Crippen LogP) is 6.95. The molecule has 0 bridgehead atoms. The first-order valence-corrected chi connectivity index (χ1v) is 12.7. The molecule has 35 heavy (non-hydrogen) atoms. The molecule has 3 aromatic carbocycles. The van der Waals surface area contributed by atoms with Crippen molar-refractivity contribution in [3.63, 3.8) is 0 Å². The Hall–Kier alpha value is -1.82. The molecule has 2 fully saturated rings. The summed E-state index contributed by atoms with van der Waals surface area (Å²) >= 11 is 6.93. The Morgan fingerprint density at radius 1 is 0.686 bits per heavy atom. The molecule has 2 saturated heterocycles. The van der Waals surface area contributed by atoms with Crippen LogP contribution < -0.4 is 0 Å². The molecular formula is C28H33B2ClO4. The van der Waals surface area contributed by atoms with Crippen molar-refractivity contribution in [2.24, 2.45) is 0 Å². The van der Waals surface area contributed by atoms with Crippen molar-refractivity contribution in [1.82, 2.24) is 0 Å². The van der Waals surface area contributed by atoms with Crippen LogP contribution in [0.4, 0.5) is 0 Å². The van der Waals surface area contributed by atoms with Gasteiger partial charge in [0.05, 0.1) is 27.4 Å². The Labute approximate surface area is 214 Å². The Bertz CT molecular complexity index is 1240. The van der Waals surface area contributed by atoms with Gasteiger partial charge in [-0.25, -0.2) is 0 Å². The average molecular weight is 491 g/mol. The normalized spacial score (nSPS) is 24.9. The lowest BCUT2D eigenvalue weighted by Gasteiger charge is -2.36. The fourth-order valence-corrected chi connectivity index (χ4v) is 5.21. The van der Waals surface area contributed by atoms with Crippen LogP contribution in [0.3, 0.4) is 0 Å². The number of halogens is 1.